The molecule has 0 atom stereocenters. The molecule has 0 amide bonds. The van der Waals surface area contributed by atoms with E-state index in [0.29, 0.717) is 34.4 Å². The molecule has 23 heavy (non-hydrogen) atoms. The summed E-state index contributed by atoms with van der Waals surface area (Å²) >= 11 is 1.40. The molecule has 8 heteroatoms. The number of nitrogens with zero attached hydrogens (tertiary/aromatic N) is 4. The van der Waals surface area contributed by atoms with Crippen molar-refractivity contribution in [3.8, 4) is 11.7 Å². The number of hydrogen-bond donors (Lipinski definition) is 0. The third-order valence-electron chi connectivity index (χ3n) is 3.89. The molecule has 0 unspecified atom stereocenters. The van der Waals surface area contributed by atoms with Crippen LogP contribution in [0.4, 0.5) is 0 Å². The number of thioether (sulfide) groups is 1. The molecule has 0 saturated heterocycles. The van der Waals surface area contributed by atoms with Crippen molar-refractivity contribution in [2.45, 2.75) is 49.0 Å². The van der Waals surface area contributed by atoms with Crippen LogP contribution >= 0.6 is 11.8 Å². The smallest absolute Gasteiger partial charge is 0.283 e. The molecule has 0 radical (unpaired) electrons. The molecule has 1 saturated carbocycles. The second kappa shape index (κ2) is 6.57. The van der Waals surface area contributed by atoms with Gasteiger partial charge in [-0.05, 0) is 25.0 Å². The van der Waals surface area contributed by atoms with Gasteiger partial charge in [0.15, 0.2) is 5.76 Å². The van der Waals surface area contributed by atoms with Crippen molar-refractivity contribution in [3.63, 3.8) is 0 Å². The van der Waals surface area contributed by atoms with E-state index in [0.717, 1.165) is 18.7 Å². The third kappa shape index (κ3) is 3.31. The Morgan fingerprint density at radius 2 is 1.96 bits per heavy atom. The van der Waals surface area contributed by atoms with E-state index in [-0.39, 0.29) is 0 Å². The molecule has 0 N–H and O–H groups in total. The van der Waals surface area contributed by atoms with Gasteiger partial charge in [0.05, 0.1) is 12.0 Å². The van der Waals surface area contributed by atoms with Crippen LogP contribution in [-0.2, 0) is 5.75 Å². The molecular weight excluding hydrogens is 316 g/mol. The zero-order valence-corrected chi connectivity index (χ0v) is 13.3. The molecule has 120 valence electrons. The van der Waals surface area contributed by atoms with E-state index < -0.39 is 0 Å². The van der Waals surface area contributed by atoms with Crippen molar-refractivity contribution < 1.29 is 13.3 Å². The number of furan rings is 1. The van der Waals surface area contributed by atoms with E-state index >= 15 is 0 Å². The summed E-state index contributed by atoms with van der Waals surface area (Å²) in [5.74, 6) is 3.09. The van der Waals surface area contributed by atoms with E-state index in [4.69, 9.17) is 13.3 Å². The first kappa shape index (κ1) is 14.5. The predicted molar refractivity (Wildman–Crippen MR) is 81.7 cm³/mol. The van der Waals surface area contributed by atoms with Gasteiger partial charge in [0.25, 0.3) is 11.1 Å². The van der Waals surface area contributed by atoms with Crippen LogP contribution in [0.3, 0.4) is 0 Å². The quantitative estimate of drug-likeness (QED) is 0.646. The Kier molecular flexibility index (Phi) is 4.14. The van der Waals surface area contributed by atoms with Crippen molar-refractivity contribution >= 4 is 11.8 Å². The van der Waals surface area contributed by atoms with Crippen molar-refractivity contribution in [1.29, 1.82) is 0 Å². The highest BCUT2D eigenvalue weighted by atomic mass is 32.2. The van der Waals surface area contributed by atoms with Gasteiger partial charge in [-0.3, -0.25) is 0 Å². The molecule has 1 aliphatic carbocycles. The largest absolute Gasteiger partial charge is 0.459 e. The average molecular weight is 332 g/mol. The van der Waals surface area contributed by atoms with Crippen LogP contribution in [-0.4, -0.2) is 20.4 Å². The second-order valence-corrected chi connectivity index (χ2v) is 6.43. The lowest BCUT2D eigenvalue weighted by Crippen LogP contribution is -2.04. The lowest BCUT2D eigenvalue weighted by Gasteiger charge is -2.17. The van der Waals surface area contributed by atoms with Gasteiger partial charge in [-0.1, -0.05) is 31.0 Å². The van der Waals surface area contributed by atoms with Gasteiger partial charge in [-0.25, -0.2) is 0 Å². The van der Waals surface area contributed by atoms with E-state index in [1.165, 1.54) is 31.0 Å². The van der Waals surface area contributed by atoms with Crippen molar-refractivity contribution in [1.82, 2.24) is 20.4 Å². The van der Waals surface area contributed by atoms with Gasteiger partial charge in [0.2, 0.25) is 11.8 Å². The first-order valence-corrected chi connectivity index (χ1v) is 8.69. The fourth-order valence-electron chi connectivity index (χ4n) is 2.73. The number of rotatable bonds is 5. The van der Waals surface area contributed by atoms with E-state index in [1.807, 2.05) is 0 Å². The zero-order valence-electron chi connectivity index (χ0n) is 12.5. The fraction of sp³-hybridized carbons (Fsp3) is 0.467. The summed E-state index contributed by atoms with van der Waals surface area (Å²) in [5.41, 5.74) is 0. The van der Waals surface area contributed by atoms with Crippen LogP contribution < -0.4 is 0 Å². The lowest BCUT2D eigenvalue weighted by molar-refractivity contribution is 0.334. The van der Waals surface area contributed by atoms with E-state index in [9.17, 15) is 0 Å². The molecule has 1 fully saturated rings. The highest BCUT2D eigenvalue weighted by Gasteiger charge is 2.21. The Bertz CT molecular complexity index is 746. The third-order valence-corrected chi connectivity index (χ3v) is 4.70. The number of hydrogen-bond acceptors (Lipinski definition) is 8. The first-order chi connectivity index (χ1) is 11.4. The Hall–Kier alpha value is -2.09. The SMILES string of the molecule is c1coc(-c2nnc(CSc3nnc(C4CCCCC4)o3)o2)c1. The van der Waals surface area contributed by atoms with E-state index in [1.54, 1.807) is 18.4 Å². The summed E-state index contributed by atoms with van der Waals surface area (Å²) in [6, 6.07) is 3.55. The van der Waals surface area contributed by atoms with Gasteiger partial charge in [0, 0.05) is 5.92 Å². The summed E-state index contributed by atoms with van der Waals surface area (Å²) in [5, 5.41) is 16.8. The molecule has 3 aromatic heterocycles. The maximum absolute atomic E-state index is 5.76. The Morgan fingerprint density at radius 1 is 1.04 bits per heavy atom. The zero-order chi connectivity index (χ0) is 15.5. The van der Waals surface area contributed by atoms with Gasteiger partial charge >= 0.3 is 0 Å². The van der Waals surface area contributed by atoms with Gasteiger partial charge < -0.3 is 13.3 Å². The monoisotopic (exact) mass is 332 g/mol. The topological polar surface area (TPSA) is 91.0 Å². The molecule has 7 nitrogen and oxygen atoms in total. The van der Waals surface area contributed by atoms with E-state index in [2.05, 4.69) is 20.4 Å². The molecule has 0 aliphatic heterocycles. The van der Waals surface area contributed by atoms with Crippen LogP contribution in [0.2, 0.25) is 0 Å². The Balaban J connectivity index is 1.37. The summed E-state index contributed by atoms with van der Waals surface area (Å²) in [4.78, 5) is 0. The maximum Gasteiger partial charge on any atom is 0.283 e. The molecule has 0 aromatic carbocycles. The average Bonchev–Trinajstić information content (AvgIpc) is 3.33. The molecule has 1 aliphatic rings. The highest BCUT2D eigenvalue weighted by Crippen LogP contribution is 2.33. The van der Waals surface area contributed by atoms with Crippen LogP contribution in [0, 0.1) is 0 Å². The first-order valence-electron chi connectivity index (χ1n) is 7.71. The normalized spacial score (nSPS) is 16.0. The van der Waals surface area contributed by atoms with Crippen LogP contribution in [0.1, 0.15) is 49.8 Å². The van der Waals surface area contributed by atoms with Crippen molar-refractivity contribution in [3.05, 3.63) is 30.2 Å². The van der Waals surface area contributed by atoms with Crippen molar-refractivity contribution in [2.24, 2.45) is 0 Å². The molecular formula is C15H16N4O3S. The Labute approximate surface area is 136 Å². The van der Waals surface area contributed by atoms with Crippen LogP contribution in [0.25, 0.3) is 11.7 Å². The summed E-state index contributed by atoms with van der Waals surface area (Å²) in [6.07, 6.45) is 7.64. The minimum Gasteiger partial charge on any atom is -0.459 e. The fourth-order valence-corrected chi connectivity index (χ4v) is 3.33. The minimum absolute atomic E-state index is 0.374. The summed E-state index contributed by atoms with van der Waals surface area (Å²) in [7, 11) is 0. The molecule has 0 spiro atoms. The minimum atomic E-state index is 0.374. The van der Waals surface area contributed by atoms with Crippen LogP contribution in [0.15, 0.2) is 36.9 Å². The van der Waals surface area contributed by atoms with Crippen LogP contribution in [0.5, 0.6) is 0 Å². The molecule has 4 rings (SSSR count). The van der Waals surface area contributed by atoms with Gasteiger partial charge in [-0.15, -0.1) is 20.4 Å². The second-order valence-electron chi connectivity index (χ2n) is 5.51. The predicted octanol–water partition coefficient (Wildman–Crippen LogP) is 4.05. The number of aromatic nitrogens is 4. The summed E-state index contributed by atoms with van der Waals surface area (Å²) < 4.78 is 16.5. The molecule has 3 aromatic rings. The molecule has 3 heterocycles. The van der Waals surface area contributed by atoms with Crippen molar-refractivity contribution in [2.75, 3.05) is 0 Å². The lowest BCUT2D eigenvalue weighted by atomic mass is 9.89. The van der Waals surface area contributed by atoms with Gasteiger partial charge in [-0.2, -0.15) is 0 Å². The highest BCUT2D eigenvalue weighted by molar-refractivity contribution is 7.98. The standard InChI is InChI=1S/C15H16N4O3S/c1-2-5-10(6-3-1)13-17-19-15(22-13)23-9-12-16-18-14(21-12)11-7-4-8-20-11/h4,7-8,10H,1-3,5-6,9H2. The van der Waals surface area contributed by atoms with Gasteiger partial charge in [0.1, 0.15) is 0 Å². The Morgan fingerprint density at radius 3 is 2.78 bits per heavy atom. The molecule has 0 bridgehead atoms. The maximum atomic E-state index is 5.76. The summed E-state index contributed by atoms with van der Waals surface area (Å²) in [6.45, 7) is 0.